The van der Waals surface area contributed by atoms with Gasteiger partial charge in [-0.3, -0.25) is 9.78 Å². The predicted molar refractivity (Wildman–Crippen MR) is 73.2 cm³/mol. The molecule has 108 valence electrons. The maximum absolute atomic E-state index is 11.9. The van der Waals surface area contributed by atoms with E-state index in [-0.39, 0.29) is 12.5 Å². The van der Waals surface area contributed by atoms with Gasteiger partial charge in [-0.15, -0.1) is 0 Å². The van der Waals surface area contributed by atoms with E-state index in [2.05, 4.69) is 16.8 Å². The summed E-state index contributed by atoms with van der Waals surface area (Å²) in [7, 11) is 0. The Hall–Kier alpha value is -1.95. The van der Waals surface area contributed by atoms with Crippen LogP contribution in [0.4, 0.5) is 0 Å². The van der Waals surface area contributed by atoms with Crippen molar-refractivity contribution in [3.8, 4) is 0 Å². The lowest BCUT2D eigenvalue weighted by Gasteiger charge is -2.33. The van der Waals surface area contributed by atoms with Gasteiger partial charge in [0.05, 0.1) is 5.56 Å². The zero-order chi connectivity index (χ0) is 14.4. The minimum atomic E-state index is -0.493. The number of piperazine rings is 1. The average molecular weight is 277 g/mol. The number of rotatable bonds is 4. The summed E-state index contributed by atoms with van der Waals surface area (Å²) < 4.78 is 5.02. The Labute approximate surface area is 118 Å². The van der Waals surface area contributed by atoms with Crippen molar-refractivity contribution in [2.24, 2.45) is 0 Å². The zero-order valence-corrected chi connectivity index (χ0v) is 11.6. The molecule has 0 aliphatic carbocycles. The van der Waals surface area contributed by atoms with Crippen LogP contribution >= 0.6 is 0 Å². The topological polar surface area (TPSA) is 62.7 Å². The Morgan fingerprint density at radius 3 is 2.45 bits per heavy atom. The number of pyridine rings is 1. The second kappa shape index (κ2) is 7.00. The van der Waals surface area contributed by atoms with E-state index in [1.165, 1.54) is 12.4 Å². The van der Waals surface area contributed by atoms with E-state index in [9.17, 15) is 9.59 Å². The molecule has 0 N–H and O–H groups in total. The number of carbonyl (C=O) groups is 2. The van der Waals surface area contributed by atoms with Gasteiger partial charge >= 0.3 is 5.97 Å². The SMILES string of the molecule is CCN1CCN(C(=O)COC(=O)c2ccncc2)CC1. The van der Waals surface area contributed by atoms with Gasteiger partial charge in [0.15, 0.2) is 6.61 Å². The van der Waals surface area contributed by atoms with Gasteiger partial charge in [0, 0.05) is 38.6 Å². The monoisotopic (exact) mass is 277 g/mol. The summed E-state index contributed by atoms with van der Waals surface area (Å²) in [6, 6.07) is 3.12. The highest BCUT2D eigenvalue weighted by molar-refractivity contribution is 5.91. The van der Waals surface area contributed by atoms with Crippen molar-refractivity contribution in [2.75, 3.05) is 39.3 Å². The molecule has 6 heteroatoms. The number of amides is 1. The molecule has 0 unspecified atom stereocenters. The number of nitrogens with zero attached hydrogens (tertiary/aromatic N) is 3. The van der Waals surface area contributed by atoms with Gasteiger partial charge in [0.25, 0.3) is 5.91 Å². The van der Waals surface area contributed by atoms with Crippen LogP contribution in [0, 0.1) is 0 Å². The first-order valence-electron chi connectivity index (χ1n) is 6.78. The molecule has 1 fully saturated rings. The Morgan fingerprint density at radius 1 is 1.20 bits per heavy atom. The summed E-state index contributed by atoms with van der Waals surface area (Å²) in [5, 5.41) is 0. The maximum atomic E-state index is 11.9. The number of likely N-dealkylation sites (N-methyl/N-ethyl adjacent to an activating group) is 1. The third-order valence-electron chi connectivity index (χ3n) is 3.41. The van der Waals surface area contributed by atoms with Crippen molar-refractivity contribution in [1.82, 2.24) is 14.8 Å². The molecule has 0 aromatic carbocycles. The molecule has 2 rings (SSSR count). The fraction of sp³-hybridized carbons (Fsp3) is 0.500. The van der Waals surface area contributed by atoms with Crippen molar-refractivity contribution in [2.45, 2.75) is 6.92 Å². The van der Waals surface area contributed by atoms with Crippen molar-refractivity contribution in [3.05, 3.63) is 30.1 Å². The second-order valence-corrected chi connectivity index (χ2v) is 4.63. The summed E-state index contributed by atoms with van der Waals surface area (Å²) >= 11 is 0. The molecular weight excluding hydrogens is 258 g/mol. The molecule has 0 radical (unpaired) electrons. The predicted octanol–water partition coefficient (Wildman–Crippen LogP) is 0.402. The van der Waals surface area contributed by atoms with Crippen LogP contribution in [-0.4, -0.2) is 66.0 Å². The number of ether oxygens (including phenoxy) is 1. The summed E-state index contributed by atoms with van der Waals surface area (Å²) in [6.45, 7) is 6.04. The van der Waals surface area contributed by atoms with Gasteiger partial charge in [-0.05, 0) is 18.7 Å². The van der Waals surface area contributed by atoms with E-state index >= 15 is 0 Å². The number of esters is 1. The molecule has 0 saturated carbocycles. The lowest BCUT2D eigenvalue weighted by molar-refractivity contribution is -0.136. The molecule has 20 heavy (non-hydrogen) atoms. The molecular formula is C14H19N3O3. The number of aromatic nitrogens is 1. The van der Waals surface area contributed by atoms with E-state index in [4.69, 9.17) is 4.74 Å². The van der Waals surface area contributed by atoms with Crippen LogP contribution in [0.2, 0.25) is 0 Å². The summed E-state index contributed by atoms with van der Waals surface area (Å²) in [4.78, 5) is 31.5. The van der Waals surface area contributed by atoms with Crippen LogP contribution in [0.3, 0.4) is 0 Å². The lowest BCUT2D eigenvalue weighted by atomic mass is 10.3. The van der Waals surface area contributed by atoms with Crippen molar-refractivity contribution >= 4 is 11.9 Å². The molecule has 1 amide bonds. The molecule has 6 nitrogen and oxygen atoms in total. The van der Waals surface area contributed by atoms with Gasteiger partial charge in [0.2, 0.25) is 0 Å². The van der Waals surface area contributed by atoms with E-state index < -0.39 is 5.97 Å². The summed E-state index contributed by atoms with van der Waals surface area (Å²) in [5.74, 6) is -0.629. The lowest BCUT2D eigenvalue weighted by Crippen LogP contribution is -2.49. The van der Waals surface area contributed by atoms with Gasteiger partial charge in [-0.2, -0.15) is 0 Å². The Bertz CT molecular complexity index is 456. The van der Waals surface area contributed by atoms with Gasteiger partial charge in [0.1, 0.15) is 0 Å². The number of hydrogen-bond donors (Lipinski definition) is 0. The fourth-order valence-corrected chi connectivity index (χ4v) is 2.10. The zero-order valence-electron chi connectivity index (χ0n) is 11.6. The highest BCUT2D eigenvalue weighted by atomic mass is 16.5. The highest BCUT2D eigenvalue weighted by Gasteiger charge is 2.21. The number of hydrogen-bond acceptors (Lipinski definition) is 5. The molecule has 0 bridgehead atoms. The first-order chi connectivity index (χ1) is 9.70. The summed E-state index contributed by atoms with van der Waals surface area (Å²) in [5.41, 5.74) is 0.406. The van der Waals surface area contributed by atoms with Crippen LogP contribution in [0.1, 0.15) is 17.3 Å². The van der Waals surface area contributed by atoms with Crippen molar-refractivity contribution < 1.29 is 14.3 Å². The molecule has 0 spiro atoms. The molecule has 2 heterocycles. The molecule has 1 aliphatic rings. The quantitative estimate of drug-likeness (QED) is 0.746. The maximum Gasteiger partial charge on any atom is 0.338 e. The van der Waals surface area contributed by atoms with E-state index in [1.807, 2.05) is 0 Å². The molecule has 1 saturated heterocycles. The van der Waals surface area contributed by atoms with Crippen LogP contribution in [0.15, 0.2) is 24.5 Å². The molecule has 1 aromatic rings. The van der Waals surface area contributed by atoms with Crippen LogP contribution in [0.5, 0.6) is 0 Å². The van der Waals surface area contributed by atoms with Gasteiger partial charge in [-0.25, -0.2) is 4.79 Å². The van der Waals surface area contributed by atoms with E-state index in [0.717, 1.165) is 19.6 Å². The fourth-order valence-electron chi connectivity index (χ4n) is 2.10. The third kappa shape index (κ3) is 3.77. The smallest absolute Gasteiger partial charge is 0.338 e. The van der Waals surface area contributed by atoms with Gasteiger partial charge in [-0.1, -0.05) is 6.92 Å². The minimum absolute atomic E-state index is 0.136. The Balaban J connectivity index is 1.77. The Kier molecular flexibility index (Phi) is 5.06. The summed E-state index contributed by atoms with van der Waals surface area (Å²) in [6.07, 6.45) is 3.03. The first-order valence-corrected chi connectivity index (χ1v) is 6.78. The van der Waals surface area contributed by atoms with Crippen molar-refractivity contribution in [1.29, 1.82) is 0 Å². The molecule has 1 aliphatic heterocycles. The first kappa shape index (κ1) is 14.5. The largest absolute Gasteiger partial charge is 0.452 e. The van der Waals surface area contributed by atoms with Crippen LogP contribution in [0.25, 0.3) is 0 Å². The second-order valence-electron chi connectivity index (χ2n) is 4.63. The standard InChI is InChI=1S/C14H19N3O3/c1-2-16-7-9-17(10-8-16)13(18)11-20-14(19)12-3-5-15-6-4-12/h3-6H,2,7-11H2,1H3. The molecule has 1 aromatic heterocycles. The van der Waals surface area contributed by atoms with Gasteiger partial charge < -0.3 is 14.5 Å². The molecule has 0 atom stereocenters. The Morgan fingerprint density at radius 2 is 1.85 bits per heavy atom. The van der Waals surface area contributed by atoms with E-state index in [1.54, 1.807) is 17.0 Å². The number of carbonyl (C=O) groups excluding carboxylic acids is 2. The van der Waals surface area contributed by atoms with Crippen LogP contribution < -0.4 is 0 Å². The third-order valence-corrected chi connectivity index (χ3v) is 3.41. The highest BCUT2D eigenvalue weighted by Crippen LogP contribution is 2.03. The van der Waals surface area contributed by atoms with Crippen molar-refractivity contribution in [3.63, 3.8) is 0 Å². The average Bonchev–Trinajstić information content (AvgIpc) is 2.53. The minimum Gasteiger partial charge on any atom is -0.452 e. The van der Waals surface area contributed by atoms with Crippen LogP contribution in [-0.2, 0) is 9.53 Å². The normalized spacial score (nSPS) is 15.9. The van der Waals surface area contributed by atoms with E-state index in [0.29, 0.717) is 18.7 Å².